The van der Waals surface area contributed by atoms with Gasteiger partial charge in [0.15, 0.2) is 0 Å². The van der Waals surface area contributed by atoms with Gasteiger partial charge in [0.05, 0.1) is 33.1 Å². The molecule has 0 unspecified atom stereocenters. The Hall–Kier alpha value is -2.63. The zero-order valence-corrected chi connectivity index (χ0v) is 16.7. The number of aromatic nitrogens is 1. The number of fused-ring (bicyclic) bond motifs is 1. The van der Waals surface area contributed by atoms with Gasteiger partial charge in [-0.3, -0.25) is 4.90 Å². The number of ether oxygens (including phenoxy) is 3. The molecule has 5 heteroatoms. The highest BCUT2D eigenvalue weighted by Gasteiger charge is 2.18. The third kappa shape index (κ3) is 3.68. The number of rotatable bonds is 5. The van der Waals surface area contributed by atoms with Gasteiger partial charge < -0.3 is 14.2 Å². The van der Waals surface area contributed by atoms with Gasteiger partial charge >= 0.3 is 0 Å². The molecule has 0 atom stereocenters. The van der Waals surface area contributed by atoms with Crippen LogP contribution < -0.4 is 9.47 Å². The molecule has 0 aliphatic carbocycles. The molecule has 146 valence electrons. The fourth-order valence-corrected chi connectivity index (χ4v) is 3.76. The second-order valence-corrected chi connectivity index (χ2v) is 7.12. The van der Waals surface area contributed by atoms with Crippen LogP contribution in [0.2, 0.25) is 0 Å². The first-order valence-electron chi connectivity index (χ1n) is 9.61. The maximum absolute atomic E-state index is 5.61. The van der Waals surface area contributed by atoms with Crippen molar-refractivity contribution in [1.82, 2.24) is 9.88 Å². The van der Waals surface area contributed by atoms with E-state index >= 15 is 0 Å². The lowest BCUT2D eigenvalue weighted by Crippen LogP contribution is -2.35. The van der Waals surface area contributed by atoms with Crippen molar-refractivity contribution in [3.05, 3.63) is 53.6 Å². The average molecular weight is 378 g/mol. The van der Waals surface area contributed by atoms with E-state index in [9.17, 15) is 0 Å². The van der Waals surface area contributed by atoms with Crippen molar-refractivity contribution < 1.29 is 14.2 Å². The molecule has 0 amide bonds. The second kappa shape index (κ2) is 8.17. The van der Waals surface area contributed by atoms with E-state index < -0.39 is 0 Å². The summed E-state index contributed by atoms with van der Waals surface area (Å²) in [6, 6.07) is 14.5. The zero-order chi connectivity index (χ0) is 19.5. The average Bonchev–Trinajstić information content (AvgIpc) is 2.73. The molecule has 3 aromatic rings. The van der Waals surface area contributed by atoms with Crippen LogP contribution >= 0.6 is 0 Å². The quantitative estimate of drug-likeness (QED) is 0.670. The summed E-state index contributed by atoms with van der Waals surface area (Å²) in [5.41, 5.74) is 5.34. The number of pyridine rings is 1. The van der Waals surface area contributed by atoms with Gasteiger partial charge in [0.25, 0.3) is 0 Å². The molecule has 4 rings (SSSR count). The first-order chi connectivity index (χ1) is 13.7. The van der Waals surface area contributed by atoms with Gasteiger partial charge in [0.1, 0.15) is 17.0 Å². The summed E-state index contributed by atoms with van der Waals surface area (Å²) in [4.78, 5) is 7.48. The fourth-order valence-electron chi connectivity index (χ4n) is 3.76. The lowest BCUT2D eigenvalue weighted by Gasteiger charge is -2.27. The monoisotopic (exact) mass is 378 g/mol. The van der Waals surface area contributed by atoms with E-state index in [1.165, 1.54) is 11.1 Å². The van der Waals surface area contributed by atoms with Crippen LogP contribution in [0.15, 0.2) is 42.5 Å². The van der Waals surface area contributed by atoms with Crippen LogP contribution in [0.4, 0.5) is 0 Å². The largest absolute Gasteiger partial charge is 0.496 e. The van der Waals surface area contributed by atoms with Crippen LogP contribution in [0.1, 0.15) is 11.1 Å². The molecular formula is C23H26N2O3. The first-order valence-corrected chi connectivity index (χ1v) is 9.61. The van der Waals surface area contributed by atoms with Gasteiger partial charge in [0.2, 0.25) is 0 Å². The molecule has 2 heterocycles. The Kier molecular flexibility index (Phi) is 5.46. The molecule has 0 bridgehead atoms. The Morgan fingerprint density at radius 2 is 1.75 bits per heavy atom. The SMILES string of the molecule is COc1ccc(OC)c2nc(-c3cccc(C)c3)c(CN3CCOCC3)cc12. The first kappa shape index (κ1) is 18.7. The number of benzene rings is 2. The van der Waals surface area contributed by atoms with Crippen LogP contribution in [0.3, 0.4) is 0 Å². The minimum atomic E-state index is 0.752. The molecule has 1 aliphatic heterocycles. The normalized spacial score (nSPS) is 15.0. The molecule has 1 fully saturated rings. The molecule has 1 aromatic heterocycles. The maximum Gasteiger partial charge on any atom is 0.145 e. The standard InChI is InChI=1S/C23H26N2O3/c1-16-5-4-6-17(13-16)22-18(15-25-9-11-28-12-10-25)14-19-20(26-2)7-8-21(27-3)23(19)24-22/h4-8,13-14H,9-12,15H2,1-3H3. The van der Waals surface area contributed by atoms with Crippen LogP contribution in [-0.4, -0.2) is 50.4 Å². The topological polar surface area (TPSA) is 43.8 Å². The van der Waals surface area contributed by atoms with Gasteiger partial charge in [0, 0.05) is 30.6 Å². The highest BCUT2D eigenvalue weighted by Crippen LogP contribution is 2.36. The number of methoxy groups -OCH3 is 2. The fraction of sp³-hybridized carbons (Fsp3) is 0.348. The molecule has 0 saturated carbocycles. The number of hydrogen-bond acceptors (Lipinski definition) is 5. The highest BCUT2D eigenvalue weighted by atomic mass is 16.5. The summed E-state index contributed by atoms with van der Waals surface area (Å²) in [5.74, 6) is 1.56. The number of aryl methyl sites for hydroxylation is 1. The molecule has 2 aromatic carbocycles. The number of hydrogen-bond donors (Lipinski definition) is 0. The third-order valence-electron chi connectivity index (χ3n) is 5.22. The second-order valence-electron chi connectivity index (χ2n) is 7.12. The Labute approximate surface area is 165 Å². The summed E-state index contributed by atoms with van der Waals surface area (Å²) in [6.45, 7) is 6.35. The summed E-state index contributed by atoms with van der Waals surface area (Å²) in [7, 11) is 3.37. The van der Waals surface area contributed by atoms with Crippen LogP contribution in [0, 0.1) is 6.92 Å². The lowest BCUT2D eigenvalue weighted by atomic mass is 10.0. The maximum atomic E-state index is 5.61. The molecule has 28 heavy (non-hydrogen) atoms. The van der Waals surface area contributed by atoms with Gasteiger partial charge in [-0.05, 0) is 36.8 Å². The minimum Gasteiger partial charge on any atom is -0.496 e. The number of nitrogens with zero attached hydrogens (tertiary/aromatic N) is 2. The molecule has 1 aliphatic rings. The van der Waals surface area contributed by atoms with Crippen molar-refractivity contribution in [2.45, 2.75) is 13.5 Å². The Morgan fingerprint density at radius 1 is 1.00 bits per heavy atom. The van der Waals surface area contributed by atoms with Crippen molar-refractivity contribution in [2.24, 2.45) is 0 Å². The molecule has 5 nitrogen and oxygen atoms in total. The summed E-state index contributed by atoms with van der Waals surface area (Å²) >= 11 is 0. The lowest BCUT2D eigenvalue weighted by molar-refractivity contribution is 0.0342. The highest BCUT2D eigenvalue weighted by molar-refractivity contribution is 5.92. The summed E-state index contributed by atoms with van der Waals surface area (Å²) < 4.78 is 16.7. The zero-order valence-electron chi connectivity index (χ0n) is 16.7. The molecule has 1 saturated heterocycles. The van der Waals surface area contributed by atoms with E-state index in [1.54, 1.807) is 14.2 Å². The van der Waals surface area contributed by atoms with E-state index in [1.807, 2.05) is 12.1 Å². The summed E-state index contributed by atoms with van der Waals surface area (Å²) in [5, 5.41) is 0.974. The van der Waals surface area contributed by atoms with Gasteiger partial charge in [-0.1, -0.05) is 23.8 Å². The van der Waals surface area contributed by atoms with E-state index in [0.717, 1.165) is 66.5 Å². The van der Waals surface area contributed by atoms with Crippen molar-refractivity contribution in [2.75, 3.05) is 40.5 Å². The van der Waals surface area contributed by atoms with Gasteiger partial charge in [-0.15, -0.1) is 0 Å². The van der Waals surface area contributed by atoms with Gasteiger partial charge in [-0.2, -0.15) is 0 Å². The predicted octanol–water partition coefficient (Wildman–Crippen LogP) is 4.06. The Balaban J connectivity index is 1.91. The van der Waals surface area contributed by atoms with Crippen molar-refractivity contribution >= 4 is 10.9 Å². The molecule has 0 spiro atoms. The van der Waals surface area contributed by atoms with Gasteiger partial charge in [-0.25, -0.2) is 4.98 Å². The van der Waals surface area contributed by atoms with E-state index in [2.05, 4.69) is 42.2 Å². The van der Waals surface area contributed by atoms with E-state index in [-0.39, 0.29) is 0 Å². The van der Waals surface area contributed by atoms with Crippen molar-refractivity contribution in [1.29, 1.82) is 0 Å². The molecular weight excluding hydrogens is 352 g/mol. The van der Waals surface area contributed by atoms with Crippen molar-refractivity contribution in [3.8, 4) is 22.8 Å². The van der Waals surface area contributed by atoms with Crippen LogP contribution in [-0.2, 0) is 11.3 Å². The smallest absolute Gasteiger partial charge is 0.145 e. The molecule has 0 N–H and O–H groups in total. The van der Waals surface area contributed by atoms with Crippen LogP contribution in [0.5, 0.6) is 11.5 Å². The predicted molar refractivity (Wildman–Crippen MR) is 111 cm³/mol. The summed E-state index contributed by atoms with van der Waals surface area (Å²) in [6.07, 6.45) is 0. The Bertz CT molecular complexity index is 981. The van der Waals surface area contributed by atoms with E-state index in [0.29, 0.717) is 0 Å². The van der Waals surface area contributed by atoms with Crippen LogP contribution in [0.25, 0.3) is 22.2 Å². The minimum absolute atomic E-state index is 0.752. The van der Waals surface area contributed by atoms with Crippen molar-refractivity contribution in [3.63, 3.8) is 0 Å². The number of morpholine rings is 1. The Morgan fingerprint density at radius 3 is 2.46 bits per heavy atom. The third-order valence-corrected chi connectivity index (χ3v) is 5.22. The van der Waals surface area contributed by atoms with E-state index in [4.69, 9.17) is 19.2 Å². The molecule has 0 radical (unpaired) electrons.